The number of aryl methyl sites for hydroxylation is 1. The number of fused-ring (bicyclic) bond motifs is 1. The van der Waals surface area contributed by atoms with Crippen molar-refractivity contribution in [2.24, 2.45) is 0 Å². The van der Waals surface area contributed by atoms with Crippen LogP contribution in [0, 0.1) is 12.7 Å². The Balaban J connectivity index is 1.55. The van der Waals surface area contributed by atoms with Gasteiger partial charge in [0.05, 0.1) is 20.7 Å². The Morgan fingerprint density at radius 1 is 1.06 bits per heavy atom. The van der Waals surface area contributed by atoms with Gasteiger partial charge in [-0.1, -0.05) is 13.0 Å². The minimum Gasteiger partial charge on any atom is -0.322 e. The number of amides is 1. The number of rotatable bonds is 6. The van der Waals surface area contributed by atoms with Crippen molar-refractivity contribution in [1.29, 1.82) is 0 Å². The number of nitrogens with zero attached hydrogens (tertiary/aromatic N) is 1. The van der Waals surface area contributed by atoms with Gasteiger partial charge in [0.25, 0.3) is 5.91 Å². The van der Waals surface area contributed by atoms with Crippen molar-refractivity contribution < 1.29 is 17.6 Å². The summed E-state index contributed by atoms with van der Waals surface area (Å²) in [6.45, 7) is 3.85. The molecular formula is C23H20FN3O3S2. The number of halogens is 1. The van der Waals surface area contributed by atoms with Gasteiger partial charge in [0.1, 0.15) is 10.8 Å². The van der Waals surface area contributed by atoms with Crippen LogP contribution in [0.25, 0.3) is 20.8 Å². The number of sulfonamides is 1. The van der Waals surface area contributed by atoms with E-state index in [1.54, 1.807) is 30.4 Å². The SMILES string of the molecule is CCNS(=O)(=O)c1ccc(F)c(C(=O)Nc2ccc(-c3nc4ccc(C)cc4s3)cc2)c1. The molecule has 1 heterocycles. The van der Waals surface area contributed by atoms with Gasteiger partial charge in [0, 0.05) is 17.8 Å². The van der Waals surface area contributed by atoms with Crippen molar-refractivity contribution in [3.05, 3.63) is 77.6 Å². The lowest BCUT2D eigenvalue weighted by Gasteiger charge is -2.09. The molecule has 1 amide bonds. The Kier molecular flexibility index (Phi) is 6.05. The quantitative estimate of drug-likeness (QED) is 0.418. The van der Waals surface area contributed by atoms with Crippen LogP contribution < -0.4 is 10.0 Å². The maximum Gasteiger partial charge on any atom is 0.258 e. The number of carbonyl (C=O) groups excluding carboxylic acids is 1. The van der Waals surface area contributed by atoms with Gasteiger partial charge in [0.15, 0.2) is 0 Å². The van der Waals surface area contributed by atoms with E-state index in [1.807, 2.05) is 31.2 Å². The van der Waals surface area contributed by atoms with E-state index in [1.165, 1.54) is 5.56 Å². The molecule has 3 aromatic carbocycles. The summed E-state index contributed by atoms with van der Waals surface area (Å²) in [5.41, 5.74) is 3.09. The number of hydrogen-bond donors (Lipinski definition) is 2. The van der Waals surface area contributed by atoms with Crippen molar-refractivity contribution in [3.8, 4) is 10.6 Å². The molecule has 0 saturated heterocycles. The van der Waals surface area contributed by atoms with E-state index in [2.05, 4.69) is 21.1 Å². The van der Waals surface area contributed by atoms with E-state index < -0.39 is 21.7 Å². The molecular weight excluding hydrogens is 449 g/mol. The van der Waals surface area contributed by atoms with Crippen LogP contribution in [0.15, 0.2) is 65.6 Å². The maximum absolute atomic E-state index is 14.2. The van der Waals surface area contributed by atoms with Crippen molar-refractivity contribution in [2.75, 3.05) is 11.9 Å². The first-order valence-corrected chi connectivity index (χ1v) is 12.1. The summed E-state index contributed by atoms with van der Waals surface area (Å²) >= 11 is 1.58. The molecule has 0 saturated carbocycles. The Morgan fingerprint density at radius 2 is 1.81 bits per heavy atom. The molecule has 0 bridgehead atoms. The fraction of sp³-hybridized carbons (Fsp3) is 0.130. The molecule has 4 aromatic rings. The second-order valence-corrected chi connectivity index (χ2v) is 9.96. The number of carbonyl (C=O) groups is 1. The summed E-state index contributed by atoms with van der Waals surface area (Å²) in [5.74, 6) is -1.54. The first-order valence-electron chi connectivity index (χ1n) is 9.85. The van der Waals surface area contributed by atoms with Crippen molar-refractivity contribution >= 4 is 43.2 Å². The fourth-order valence-electron chi connectivity index (χ4n) is 3.17. The van der Waals surface area contributed by atoms with Gasteiger partial charge in [-0.15, -0.1) is 11.3 Å². The van der Waals surface area contributed by atoms with E-state index in [9.17, 15) is 17.6 Å². The summed E-state index contributed by atoms with van der Waals surface area (Å²) in [5, 5.41) is 3.47. The van der Waals surface area contributed by atoms with Crippen LogP contribution in [0.5, 0.6) is 0 Å². The molecule has 0 aliphatic carbocycles. The van der Waals surface area contributed by atoms with Gasteiger partial charge in [0.2, 0.25) is 10.0 Å². The summed E-state index contributed by atoms with van der Waals surface area (Å²) in [4.78, 5) is 17.1. The third-order valence-electron chi connectivity index (χ3n) is 4.76. The Labute approximate surface area is 189 Å². The Morgan fingerprint density at radius 3 is 2.53 bits per heavy atom. The smallest absolute Gasteiger partial charge is 0.258 e. The molecule has 32 heavy (non-hydrogen) atoms. The van der Waals surface area contributed by atoms with E-state index in [0.717, 1.165) is 39.0 Å². The normalized spacial score (nSPS) is 11.6. The Bertz CT molecular complexity index is 1410. The van der Waals surface area contributed by atoms with Crippen LogP contribution in [0.4, 0.5) is 10.1 Å². The van der Waals surface area contributed by atoms with Crippen LogP contribution in [-0.2, 0) is 10.0 Å². The number of aromatic nitrogens is 1. The highest BCUT2D eigenvalue weighted by atomic mass is 32.2. The highest BCUT2D eigenvalue weighted by molar-refractivity contribution is 7.89. The van der Waals surface area contributed by atoms with Crippen LogP contribution in [-0.4, -0.2) is 25.9 Å². The zero-order valence-corrected chi connectivity index (χ0v) is 19.0. The maximum atomic E-state index is 14.2. The molecule has 4 rings (SSSR count). The van der Waals surface area contributed by atoms with Crippen LogP contribution in [0.3, 0.4) is 0 Å². The third-order valence-corrected chi connectivity index (χ3v) is 7.37. The lowest BCUT2D eigenvalue weighted by atomic mass is 10.1. The van der Waals surface area contributed by atoms with Gasteiger partial charge < -0.3 is 5.32 Å². The number of anilines is 1. The van der Waals surface area contributed by atoms with Crippen LogP contribution in [0.1, 0.15) is 22.8 Å². The topological polar surface area (TPSA) is 88.2 Å². The molecule has 9 heteroatoms. The summed E-state index contributed by atoms with van der Waals surface area (Å²) in [6.07, 6.45) is 0. The van der Waals surface area contributed by atoms with Gasteiger partial charge in [-0.3, -0.25) is 4.79 Å². The monoisotopic (exact) mass is 469 g/mol. The zero-order chi connectivity index (χ0) is 22.9. The van der Waals surface area contributed by atoms with Crippen molar-refractivity contribution in [1.82, 2.24) is 9.71 Å². The first kappa shape index (κ1) is 22.1. The molecule has 0 fully saturated rings. The predicted octanol–water partition coefficient (Wildman–Crippen LogP) is 4.96. The van der Waals surface area contributed by atoms with Crippen molar-refractivity contribution in [2.45, 2.75) is 18.7 Å². The lowest BCUT2D eigenvalue weighted by Crippen LogP contribution is -2.24. The average molecular weight is 470 g/mol. The van der Waals surface area contributed by atoms with Gasteiger partial charge in [-0.25, -0.2) is 22.5 Å². The molecule has 6 nitrogen and oxygen atoms in total. The minimum atomic E-state index is -3.81. The Hall–Kier alpha value is -3.14. The molecule has 0 spiro atoms. The van der Waals surface area contributed by atoms with E-state index in [4.69, 9.17) is 0 Å². The first-order chi connectivity index (χ1) is 15.3. The zero-order valence-electron chi connectivity index (χ0n) is 17.3. The third kappa shape index (κ3) is 4.55. The molecule has 0 aliphatic rings. The molecule has 0 unspecified atom stereocenters. The summed E-state index contributed by atoms with van der Waals surface area (Å²) < 4.78 is 42.0. The second kappa shape index (κ2) is 8.78. The van der Waals surface area contributed by atoms with Gasteiger partial charge >= 0.3 is 0 Å². The van der Waals surface area contributed by atoms with Gasteiger partial charge in [-0.2, -0.15) is 0 Å². The van der Waals surface area contributed by atoms with E-state index in [0.29, 0.717) is 5.69 Å². The predicted molar refractivity (Wildman–Crippen MR) is 125 cm³/mol. The van der Waals surface area contributed by atoms with Crippen LogP contribution in [0.2, 0.25) is 0 Å². The number of nitrogens with one attached hydrogen (secondary N) is 2. The van der Waals surface area contributed by atoms with E-state index in [-0.39, 0.29) is 17.0 Å². The minimum absolute atomic E-state index is 0.174. The van der Waals surface area contributed by atoms with Gasteiger partial charge in [-0.05, 0) is 67.1 Å². The lowest BCUT2D eigenvalue weighted by molar-refractivity contribution is 0.102. The molecule has 0 atom stereocenters. The number of benzene rings is 3. The standard InChI is InChI=1S/C23H20FN3O3S2/c1-3-25-32(29,30)17-9-10-19(24)18(13-17)22(28)26-16-7-5-15(6-8-16)23-27-20-11-4-14(2)12-21(20)31-23/h4-13,25H,3H2,1-2H3,(H,26,28). The molecule has 0 aliphatic heterocycles. The molecule has 1 aromatic heterocycles. The summed E-state index contributed by atoms with van der Waals surface area (Å²) in [6, 6.07) is 16.2. The number of hydrogen-bond acceptors (Lipinski definition) is 5. The average Bonchev–Trinajstić information content (AvgIpc) is 3.17. The highest BCUT2D eigenvalue weighted by Crippen LogP contribution is 2.31. The molecule has 164 valence electrons. The number of thiazole rings is 1. The summed E-state index contributed by atoms with van der Waals surface area (Å²) in [7, 11) is -3.81. The molecule has 2 N–H and O–H groups in total. The van der Waals surface area contributed by atoms with Crippen LogP contribution >= 0.6 is 11.3 Å². The molecule has 0 radical (unpaired) electrons. The second-order valence-electron chi connectivity index (χ2n) is 7.16. The van der Waals surface area contributed by atoms with E-state index >= 15 is 0 Å². The largest absolute Gasteiger partial charge is 0.322 e. The van der Waals surface area contributed by atoms with Crippen molar-refractivity contribution in [3.63, 3.8) is 0 Å². The highest BCUT2D eigenvalue weighted by Gasteiger charge is 2.19. The fourth-order valence-corrected chi connectivity index (χ4v) is 5.30.